The lowest BCUT2D eigenvalue weighted by Gasteiger charge is -2.19. The number of aromatic nitrogens is 3. The number of hydrogen-bond acceptors (Lipinski definition) is 5. The third-order valence-electron chi connectivity index (χ3n) is 4.55. The molecule has 0 aliphatic heterocycles. The van der Waals surface area contributed by atoms with E-state index in [9.17, 15) is 4.79 Å². The van der Waals surface area contributed by atoms with Gasteiger partial charge in [-0.15, -0.1) is 0 Å². The average Bonchev–Trinajstić information content (AvgIpc) is 3.40. The number of ether oxygens (including phenoxy) is 1. The number of rotatable bonds is 6. The molecule has 0 saturated carbocycles. The number of nitrogens with one attached hydrogen (secondary N) is 1. The molecule has 0 saturated heterocycles. The third kappa shape index (κ3) is 3.48. The van der Waals surface area contributed by atoms with Crippen LogP contribution < -0.4 is 4.74 Å². The lowest BCUT2D eigenvalue weighted by Crippen LogP contribution is -2.26. The summed E-state index contributed by atoms with van der Waals surface area (Å²) in [6, 6.07) is 7.67. The second kappa shape index (κ2) is 7.82. The van der Waals surface area contributed by atoms with E-state index in [1.807, 2.05) is 36.6 Å². The van der Waals surface area contributed by atoms with Gasteiger partial charge >= 0.3 is 0 Å². The second-order valence-corrected chi connectivity index (χ2v) is 7.23. The molecule has 1 amide bonds. The van der Waals surface area contributed by atoms with Crippen LogP contribution >= 0.6 is 11.3 Å². The fourth-order valence-corrected chi connectivity index (χ4v) is 3.83. The second-order valence-electron chi connectivity index (χ2n) is 6.45. The number of thiophene rings is 1. The van der Waals surface area contributed by atoms with Gasteiger partial charge in [0.2, 0.25) is 0 Å². The van der Waals surface area contributed by atoms with Gasteiger partial charge in [-0.2, -0.15) is 16.4 Å². The molecule has 3 heterocycles. The van der Waals surface area contributed by atoms with Gasteiger partial charge < -0.3 is 9.64 Å². The summed E-state index contributed by atoms with van der Waals surface area (Å²) in [5, 5.41) is 12.1. The molecule has 1 N–H and O–H groups in total. The maximum Gasteiger partial charge on any atom is 0.254 e. The molecular weight excluding hydrogens is 372 g/mol. The molecule has 6 nitrogen and oxygen atoms in total. The molecule has 7 heteroatoms. The highest BCUT2D eigenvalue weighted by atomic mass is 32.1. The van der Waals surface area contributed by atoms with Gasteiger partial charge in [0.25, 0.3) is 5.91 Å². The van der Waals surface area contributed by atoms with Crippen LogP contribution in [0.15, 0.2) is 53.6 Å². The highest BCUT2D eigenvalue weighted by Gasteiger charge is 2.17. The van der Waals surface area contributed by atoms with Gasteiger partial charge in [0, 0.05) is 48.1 Å². The molecular formula is C21H20N4O2S. The van der Waals surface area contributed by atoms with Crippen LogP contribution in [0.2, 0.25) is 0 Å². The molecule has 3 aromatic heterocycles. The first-order valence-electron chi connectivity index (χ1n) is 8.98. The minimum Gasteiger partial charge on any atom is -0.493 e. The van der Waals surface area contributed by atoms with E-state index in [1.165, 1.54) is 0 Å². The van der Waals surface area contributed by atoms with E-state index in [0.717, 1.165) is 33.3 Å². The van der Waals surface area contributed by atoms with Gasteiger partial charge in [0.1, 0.15) is 5.75 Å². The number of nitrogens with zero attached hydrogens (tertiary/aromatic N) is 3. The Hall–Kier alpha value is -3.19. The molecule has 1 aromatic carbocycles. The van der Waals surface area contributed by atoms with E-state index in [4.69, 9.17) is 4.74 Å². The first-order valence-corrected chi connectivity index (χ1v) is 9.92. The van der Waals surface area contributed by atoms with Crippen molar-refractivity contribution in [3.63, 3.8) is 0 Å². The van der Waals surface area contributed by atoms with Crippen LogP contribution in [0.25, 0.3) is 22.0 Å². The van der Waals surface area contributed by atoms with Gasteiger partial charge in [-0.3, -0.25) is 14.9 Å². The third-order valence-corrected chi connectivity index (χ3v) is 5.23. The van der Waals surface area contributed by atoms with Crippen LogP contribution in [0.1, 0.15) is 22.8 Å². The Bertz CT molecular complexity index is 1100. The Morgan fingerprint density at radius 1 is 1.25 bits per heavy atom. The lowest BCUT2D eigenvalue weighted by molar-refractivity contribution is 0.0785. The summed E-state index contributed by atoms with van der Waals surface area (Å²) < 4.78 is 5.81. The zero-order valence-electron chi connectivity index (χ0n) is 15.7. The summed E-state index contributed by atoms with van der Waals surface area (Å²) in [5.74, 6) is 0.645. The number of pyridine rings is 1. The van der Waals surface area contributed by atoms with Crippen LogP contribution in [0.4, 0.5) is 0 Å². The molecule has 0 aliphatic carbocycles. The number of aromatic amines is 1. The van der Waals surface area contributed by atoms with Gasteiger partial charge in [-0.05, 0) is 47.5 Å². The predicted molar refractivity (Wildman–Crippen MR) is 111 cm³/mol. The van der Waals surface area contributed by atoms with E-state index in [2.05, 4.69) is 20.6 Å². The Labute approximate surface area is 166 Å². The summed E-state index contributed by atoms with van der Waals surface area (Å²) in [5.41, 5.74) is 4.50. The number of carbonyl (C=O) groups excluding carboxylic acids is 1. The summed E-state index contributed by atoms with van der Waals surface area (Å²) in [4.78, 5) is 18.9. The van der Waals surface area contributed by atoms with Crippen LogP contribution in [0, 0.1) is 0 Å². The fraction of sp³-hybridized carbons (Fsp3) is 0.190. The highest BCUT2D eigenvalue weighted by molar-refractivity contribution is 7.08. The van der Waals surface area contributed by atoms with E-state index in [1.54, 1.807) is 41.9 Å². The number of amides is 1. The zero-order chi connectivity index (χ0) is 19.5. The van der Waals surface area contributed by atoms with Crippen molar-refractivity contribution in [2.24, 2.45) is 0 Å². The standard InChI is InChI=1S/C21H20N4O2S/c1-3-27-19-8-14(4-5-18(19)15-6-7-28-13-15)21(26)25(2)12-17-10-22-9-16-11-23-24-20(16)17/h4-11,13H,3,12H2,1-2H3,(H,23,24). The van der Waals surface area contributed by atoms with Crippen molar-refractivity contribution >= 4 is 28.1 Å². The van der Waals surface area contributed by atoms with Gasteiger partial charge in [-0.1, -0.05) is 0 Å². The van der Waals surface area contributed by atoms with Crippen molar-refractivity contribution in [3.8, 4) is 16.9 Å². The Balaban J connectivity index is 1.60. The van der Waals surface area contributed by atoms with E-state index in [-0.39, 0.29) is 5.91 Å². The molecule has 0 radical (unpaired) electrons. The lowest BCUT2D eigenvalue weighted by atomic mass is 10.0. The SMILES string of the molecule is CCOc1cc(C(=O)N(C)Cc2cncc3cn[nH]c23)ccc1-c1ccsc1. The Kier molecular flexibility index (Phi) is 5.08. The molecule has 0 aliphatic rings. The van der Waals surface area contributed by atoms with Crippen LogP contribution in [0.5, 0.6) is 5.75 Å². The fourth-order valence-electron chi connectivity index (χ4n) is 3.18. The number of fused-ring (bicyclic) bond motifs is 1. The largest absolute Gasteiger partial charge is 0.493 e. The Morgan fingerprint density at radius 3 is 2.93 bits per heavy atom. The van der Waals surface area contributed by atoms with E-state index < -0.39 is 0 Å². The molecule has 0 unspecified atom stereocenters. The number of H-pyrrole nitrogens is 1. The van der Waals surface area contributed by atoms with Crippen LogP contribution in [-0.4, -0.2) is 39.6 Å². The summed E-state index contributed by atoms with van der Waals surface area (Å²) in [6.07, 6.45) is 5.24. The van der Waals surface area contributed by atoms with Crippen LogP contribution in [0.3, 0.4) is 0 Å². The molecule has 4 aromatic rings. The smallest absolute Gasteiger partial charge is 0.254 e. The summed E-state index contributed by atoms with van der Waals surface area (Å²) in [7, 11) is 1.78. The molecule has 0 fully saturated rings. The van der Waals surface area contributed by atoms with Gasteiger partial charge in [0.05, 0.1) is 18.3 Å². The molecule has 142 valence electrons. The molecule has 0 atom stereocenters. The first kappa shape index (κ1) is 18.2. The number of benzene rings is 1. The first-order chi connectivity index (χ1) is 13.7. The van der Waals surface area contributed by atoms with Crippen molar-refractivity contribution in [1.29, 1.82) is 0 Å². The van der Waals surface area contributed by atoms with Crippen molar-refractivity contribution in [3.05, 3.63) is 64.7 Å². The van der Waals surface area contributed by atoms with Crippen molar-refractivity contribution < 1.29 is 9.53 Å². The number of carbonyl (C=O) groups is 1. The average molecular weight is 392 g/mol. The van der Waals surface area contributed by atoms with E-state index >= 15 is 0 Å². The van der Waals surface area contributed by atoms with Crippen molar-refractivity contribution in [2.45, 2.75) is 13.5 Å². The minimum atomic E-state index is -0.0747. The number of hydrogen-bond donors (Lipinski definition) is 1. The normalized spacial score (nSPS) is 10.9. The monoisotopic (exact) mass is 392 g/mol. The molecule has 0 bridgehead atoms. The summed E-state index contributed by atoms with van der Waals surface area (Å²) >= 11 is 1.63. The topological polar surface area (TPSA) is 71.1 Å². The minimum absolute atomic E-state index is 0.0747. The van der Waals surface area contributed by atoms with Gasteiger partial charge in [-0.25, -0.2) is 0 Å². The van der Waals surface area contributed by atoms with Crippen molar-refractivity contribution in [2.75, 3.05) is 13.7 Å². The highest BCUT2D eigenvalue weighted by Crippen LogP contribution is 2.33. The van der Waals surface area contributed by atoms with Crippen molar-refractivity contribution in [1.82, 2.24) is 20.1 Å². The molecule has 0 spiro atoms. The molecule has 4 rings (SSSR count). The Morgan fingerprint density at radius 2 is 2.14 bits per heavy atom. The zero-order valence-corrected chi connectivity index (χ0v) is 16.5. The summed E-state index contributed by atoms with van der Waals surface area (Å²) in [6.45, 7) is 2.91. The van der Waals surface area contributed by atoms with Gasteiger partial charge in [0.15, 0.2) is 0 Å². The maximum absolute atomic E-state index is 13.0. The van der Waals surface area contributed by atoms with E-state index in [0.29, 0.717) is 18.7 Å². The predicted octanol–water partition coefficient (Wildman–Crippen LogP) is 4.36. The molecule has 28 heavy (non-hydrogen) atoms. The maximum atomic E-state index is 13.0. The van der Waals surface area contributed by atoms with Crippen LogP contribution in [-0.2, 0) is 6.54 Å². The quantitative estimate of drug-likeness (QED) is 0.529.